The van der Waals surface area contributed by atoms with E-state index in [0.717, 1.165) is 30.6 Å². The molecule has 1 amide bonds. The second kappa shape index (κ2) is 5.34. The summed E-state index contributed by atoms with van der Waals surface area (Å²) in [6.07, 6.45) is 14.2. The van der Waals surface area contributed by atoms with E-state index in [1.54, 1.807) is 0 Å². The third-order valence-corrected chi connectivity index (χ3v) is 7.83. The van der Waals surface area contributed by atoms with Crippen LogP contribution in [0.1, 0.15) is 69.8 Å². The molecule has 5 fully saturated rings. The monoisotopic (exact) mass is 323 g/mol. The van der Waals surface area contributed by atoms with Gasteiger partial charge in [-0.05, 0) is 74.7 Å². The van der Waals surface area contributed by atoms with E-state index in [9.17, 15) is 4.79 Å². The van der Waals surface area contributed by atoms with Crippen molar-refractivity contribution in [3.8, 4) is 0 Å². The van der Waals surface area contributed by atoms with Gasteiger partial charge in [0.25, 0.3) is 0 Å². The first-order chi connectivity index (χ1) is 11.7. The van der Waals surface area contributed by atoms with Crippen molar-refractivity contribution in [2.75, 3.05) is 0 Å². The molecule has 0 N–H and O–H groups in total. The molecule has 0 unspecified atom stereocenters. The lowest BCUT2D eigenvalue weighted by Gasteiger charge is -2.63. The molecule has 5 aliphatic rings. The lowest BCUT2D eigenvalue weighted by molar-refractivity contribution is -0.156. The third-order valence-electron chi connectivity index (χ3n) is 7.83. The van der Waals surface area contributed by atoms with Crippen molar-refractivity contribution in [2.24, 2.45) is 17.8 Å². The third kappa shape index (κ3) is 2.04. The van der Waals surface area contributed by atoms with Gasteiger partial charge in [0.1, 0.15) is 0 Å². The Morgan fingerprint density at radius 3 is 1.92 bits per heavy atom. The maximum atomic E-state index is 12.5. The molecule has 0 radical (unpaired) electrons. The molecule has 0 atom stereocenters. The molecule has 1 aromatic rings. The van der Waals surface area contributed by atoms with E-state index in [2.05, 4.69) is 35.2 Å². The normalized spacial score (nSPS) is 39.1. The van der Waals surface area contributed by atoms with Gasteiger partial charge >= 0.3 is 0 Å². The maximum Gasteiger partial charge on any atom is 0.210 e. The molecule has 24 heavy (non-hydrogen) atoms. The summed E-state index contributed by atoms with van der Waals surface area (Å²) in [6.45, 7) is 0. The van der Waals surface area contributed by atoms with E-state index >= 15 is 0 Å². The Bertz CT molecular complexity index is 581. The topological polar surface area (TPSA) is 20.3 Å². The molecule has 0 heterocycles. The molecule has 5 aliphatic carbocycles. The number of hydrogen-bond acceptors (Lipinski definition) is 1. The first-order valence-corrected chi connectivity index (χ1v) is 10.0. The smallest absolute Gasteiger partial charge is 0.210 e. The molecule has 5 saturated carbocycles. The fourth-order valence-corrected chi connectivity index (χ4v) is 7.40. The fourth-order valence-electron chi connectivity index (χ4n) is 7.40. The van der Waals surface area contributed by atoms with Gasteiger partial charge in [-0.25, -0.2) is 0 Å². The van der Waals surface area contributed by atoms with Gasteiger partial charge in [-0.15, -0.1) is 0 Å². The van der Waals surface area contributed by atoms with Gasteiger partial charge in [-0.1, -0.05) is 43.2 Å². The Balaban J connectivity index is 1.58. The standard InChI is InChI=1S/C22H29NO/c24-16-23(21-13-17-10-18(14-21)12-19(11-17)15-21)22(8-4-5-9-22)20-6-2-1-3-7-20/h1-3,6-7,16-19H,4-5,8-15H2. The van der Waals surface area contributed by atoms with Crippen LogP contribution < -0.4 is 0 Å². The molecule has 6 rings (SSSR count). The van der Waals surface area contributed by atoms with Crippen molar-refractivity contribution in [1.29, 1.82) is 0 Å². The molecule has 2 heteroatoms. The van der Waals surface area contributed by atoms with Crippen LogP contribution in [0.2, 0.25) is 0 Å². The summed E-state index contributed by atoms with van der Waals surface area (Å²) < 4.78 is 0. The van der Waals surface area contributed by atoms with E-state index in [1.165, 1.54) is 63.3 Å². The van der Waals surface area contributed by atoms with Crippen LogP contribution in [0.4, 0.5) is 0 Å². The Kier molecular flexibility index (Phi) is 3.34. The van der Waals surface area contributed by atoms with Crippen molar-refractivity contribution >= 4 is 6.41 Å². The Morgan fingerprint density at radius 1 is 0.875 bits per heavy atom. The highest BCUT2D eigenvalue weighted by molar-refractivity contribution is 5.53. The molecule has 0 aromatic heterocycles. The second-order valence-electron chi connectivity index (χ2n) is 9.22. The summed E-state index contributed by atoms with van der Waals surface area (Å²) in [4.78, 5) is 14.9. The van der Waals surface area contributed by atoms with Crippen LogP contribution in [-0.2, 0) is 10.3 Å². The summed E-state index contributed by atoms with van der Waals surface area (Å²) in [7, 11) is 0. The minimum absolute atomic E-state index is 0.0331. The van der Waals surface area contributed by atoms with Crippen LogP contribution in [0, 0.1) is 17.8 Å². The van der Waals surface area contributed by atoms with E-state index in [1.807, 2.05) is 0 Å². The zero-order valence-electron chi connectivity index (χ0n) is 14.6. The lowest BCUT2D eigenvalue weighted by Crippen LogP contribution is -2.64. The van der Waals surface area contributed by atoms with Gasteiger partial charge in [0.05, 0.1) is 5.54 Å². The van der Waals surface area contributed by atoms with Crippen molar-refractivity contribution in [3.63, 3.8) is 0 Å². The minimum atomic E-state index is -0.0331. The molecule has 0 aliphatic heterocycles. The SMILES string of the molecule is O=CN(C12CC3CC(CC(C3)C1)C2)C1(c2ccccc2)CCCC1. The van der Waals surface area contributed by atoms with Crippen molar-refractivity contribution in [1.82, 2.24) is 4.90 Å². The molecular formula is C22H29NO. The van der Waals surface area contributed by atoms with Gasteiger partial charge in [0.2, 0.25) is 6.41 Å². The van der Waals surface area contributed by atoms with E-state index < -0.39 is 0 Å². The summed E-state index contributed by atoms with van der Waals surface area (Å²) in [6, 6.07) is 10.9. The summed E-state index contributed by atoms with van der Waals surface area (Å²) in [5.74, 6) is 2.65. The largest absolute Gasteiger partial charge is 0.330 e. The van der Waals surface area contributed by atoms with E-state index in [-0.39, 0.29) is 11.1 Å². The fraction of sp³-hybridized carbons (Fsp3) is 0.682. The average molecular weight is 323 g/mol. The van der Waals surface area contributed by atoms with Gasteiger partial charge < -0.3 is 4.90 Å². The van der Waals surface area contributed by atoms with E-state index in [4.69, 9.17) is 0 Å². The van der Waals surface area contributed by atoms with Gasteiger partial charge in [0.15, 0.2) is 0 Å². The molecule has 128 valence electrons. The quantitative estimate of drug-likeness (QED) is 0.723. The second-order valence-corrected chi connectivity index (χ2v) is 9.22. The van der Waals surface area contributed by atoms with Crippen LogP contribution in [0.3, 0.4) is 0 Å². The van der Waals surface area contributed by atoms with Gasteiger partial charge in [-0.2, -0.15) is 0 Å². The molecule has 4 bridgehead atoms. The molecule has 0 spiro atoms. The first-order valence-electron chi connectivity index (χ1n) is 10.0. The number of carbonyl (C=O) groups excluding carboxylic acids is 1. The predicted molar refractivity (Wildman–Crippen MR) is 95.4 cm³/mol. The summed E-state index contributed by atoms with van der Waals surface area (Å²) in [5.41, 5.74) is 1.51. The Labute approximate surface area is 145 Å². The highest BCUT2D eigenvalue weighted by Crippen LogP contribution is 2.60. The number of rotatable bonds is 4. The van der Waals surface area contributed by atoms with Crippen molar-refractivity contribution < 1.29 is 4.79 Å². The zero-order valence-corrected chi connectivity index (χ0v) is 14.6. The first kappa shape index (κ1) is 15.0. The summed E-state index contributed by atoms with van der Waals surface area (Å²) >= 11 is 0. The van der Waals surface area contributed by atoms with Crippen molar-refractivity contribution in [2.45, 2.75) is 75.3 Å². The lowest BCUT2D eigenvalue weighted by atomic mass is 9.52. The van der Waals surface area contributed by atoms with Crippen molar-refractivity contribution in [3.05, 3.63) is 35.9 Å². The van der Waals surface area contributed by atoms with Gasteiger partial charge in [-0.3, -0.25) is 4.79 Å². The average Bonchev–Trinajstić information content (AvgIpc) is 3.05. The molecular weight excluding hydrogens is 294 g/mol. The predicted octanol–water partition coefficient (Wildman–Crippen LogP) is 4.88. The van der Waals surface area contributed by atoms with Crippen LogP contribution >= 0.6 is 0 Å². The maximum absolute atomic E-state index is 12.5. The van der Waals surface area contributed by atoms with Crippen LogP contribution in [0.15, 0.2) is 30.3 Å². The highest BCUT2D eigenvalue weighted by Gasteiger charge is 2.58. The number of nitrogens with zero attached hydrogens (tertiary/aromatic N) is 1. The van der Waals surface area contributed by atoms with E-state index in [0.29, 0.717) is 0 Å². The number of amides is 1. The highest BCUT2D eigenvalue weighted by atomic mass is 16.1. The Morgan fingerprint density at radius 2 is 1.42 bits per heavy atom. The molecule has 1 aromatic carbocycles. The summed E-state index contributed by atoms with van der Waals surface area (Å²) in [5, 5.41) is 0. The van der Waals surface area contributed by atoms with Gasteiger partial charge in [0, 0.05) is 5.54 Å². The Hall–Kier alpha value is -1.31. The van der Waals surface area contributed by atoms with Crippen LogP contribution in [0.5, 0.6) is 0 Å². The molecule has 0 saturated heterocycles. The number of carbonyl (C=O) groups is 1. The number of benzene rings is 1. The zero-order chi connectivity index (χ0) is 16.2. The number of hydrogen-bond donors (Lipinski definition) is 0. The van der Waals surface area contributed by atoms with Crippen LogP contribution in [0.25, 0.3) is 0 Å². The molecule has 2 nitrogen and oxygen atoms in total. The minimum Gasteiger partial charge on any atom is -0.330 e. The van der Waals surface area contributed by atoms with Crippen LogP contribution in [-0.4, -0.2) is 16.8 Å².